The van der Waals surface area contributed by atoms with Gasteiger partial charge in [-0.3, -0.25) is 9.59 Å². The monoisotopic (exact) mass is 475 g/mol. The molecule has 0 bridgehead atoms. The summed E-state index contributed by atoms with van der Waals surface area (Å²) in [4.78, 5) is 27.7. The van der Waals surface area contributed by atoms with Gasteiger partial charge in [-0.15, -0.1) is 0 Å². The van der Waals surface area contributed by atoms with Gasteiger partial charge in [-0.05, 0) is 0 Å². The molecule has 0 aliphatic carbocycles. The molecule has 0 saturated carbocycles. The second-order valence-electron chi connectivity index (χ2n) is 5.72. The summed E-state index contributed by atoms with van der Waals surface area (Å²) in [5.41, 5.74) is 2.21. The fraction of sp³-hybridized carbons (Fsp3) is 0.286. The summed E-state index contributed by atoms with van der Waals surface area (Å²) >= 11 is 6.15. The Bertz CT molecular complexity index is 1180. The van der Waals surface area contributed by atoms with Gasteiger partial charge in [-0.2, -0.15) is 31.4 Å². The van der Waals surface area contributed by atoms with Crippen LogP contribution in [0.25, 0.3) is 4.96 Å². The van der Waals surface area contributed by atoms with Crippen LogP contribution in [0.1, 0.15) is 21.9 Å². The second-order valence-corrected chi connectivity index (χ2v) is 7.04. The van der Waals surface area contributed by atoms with Gasteiger partial charge in [0, 0.05) is 12.1 Å². The van der Waals surface area contributed by atoms with Crippen molar-refractivity contribution < 1.29 is 35.9 Å². The number of fused-ring (bicyclic) bond motifs is 1. The summed E-state index contributed by atoms with van der Waals surface area (Å²) < 4.78 is 81.4. The zero-order chi connectivity index (χ0) is 22.4. The van der Waals surface area contributed by atoms with E-state index in [4.69, 9.17) is 17.3 Å². The normalized spacial score (nSPS) is 12.5. The quantitative estimate of drug-likeness (QED) is 0.571. The number of hydrogen-bond acceptors (Lipinski definition) is 6. The van der Waals surface area contributed by atoms with Crippen LogP contribution in [-0.2, 0) is 12.7 Å². The van der Waals surface area contributed by atoms with Gasteiger partial charge in [0.15, 0.2) is 18.0 Å². The fourth-order valence-corrected chi connectivity index (χ4v) is 3.55. The third-order valence-electron chi connectivity index (χ3n) is 3.48. The number of hydrogen-bond donors (Lipinski definition) is 1. The number of ether oxygens (including phenoxy) is 1. The molecule has 2 N–H and O–H groups in total. The average Bonchev–Trinajstić information content (AvgIpc) is 3.13. The molecule has 0 atom stereocenters. The molecule has 30 heavy (non-hydrogen) atoms. The molecule has 3 rings (SSSR count). The molecule has 0 unspecified atom stereocenters. The van der Waals surface area contributed by atoms with E-state index in [9.17, 15) is 35.9 Å². The Labute approximate surface area is 170 Å². The highest BCUT2D eigenvalue weighted by Gasteiger charge is 2.35. The van der Waals surface area contributed by atoms with Crippen LogP contribution in [0.2, 0.25) is 5.15 Å². The topological polar surface area (TPSA) is 105 Å². The molecular weight excluding hydrogens is 468 g/mol. The number of thiazole rings is 1. The van der Waals surface area contributed by atoms with Crippen molar-refractivity contribution in [3.63, 3.8) is 0 Å². The highest BCUT2D eigenvalue weighted by molar-refractivity contribution is 7.19. The van der Waals surface area contributed by atoms with Gasteiger partial charge in [-0.1, -0.05) is 22.9 Å². The molecular formula is C14H8ClF6N5O3S. The zero-order valence-corrected chi connectivity index (χ0v) is 15.8. The highest BCUT2D eigenvalue weighted by Crippen LogP contribution is 2.32. The SMILES string of the molecule is NC(=O)c1c(OCC(F)(F)F)sc2nc(Cn3nc(C(F)(F)F)cc3Cl)cc(=O)n12. The number of primary amides is 1. The molecule has 8 nitrogen and oxygen atoms in total. The molecule has 0 radical (unpaired) electrons. The minimum absolute atomic E-state index is 0.113. The third kappa shape index (κ3) is 4.51. The van der Waals surface area contributed by atoms with Crippen LogP contribution in [0, 0.1) is 0 Å². The van der Waals surface area contributed by atoms with Crippen LogP contribution in [-0.4, -0.2) is 37.9 Å². The van der Waals surface area contributed by atoms with E-state index in [1.54, 1.807) is 0 Å². The molecule has 3 aromatic heterocycles. The number of carbonyl (C=O) groups is 1. The van der Waals surface area contributed by atoms with E-state index < -0.39 is 53.4 Å². The van der Waals surface area contributed by atoms with Crippen LogP contribution < -0.4 is 16.0 Å². The van der Waals surface area contributed by atoms with Gasteiger partial charge < -0.3 is 10.5 Å². The largest absolute Gasteiger partial charge is 0.472 e. The first-order valence-electron chi connectivity index (χ1n) is 7.61. The number of amides is 1. The summed E-state index contributed by atoms with van der Waals surface area (Å²) in [6, 6.07) is 1.43. The maximum atomic E-state index is 12.7. The molecule has 0 aromatic carbocycles. The summed E-state index contributed by atoms with van der Waals surface area (Å²) in [5, 5.41) is 2.31. The molecule has 16 heteroatoms. The number of nitrogens with two attached hydrogens (primary N) is 1. The molecule has 0 saturated heterocycles. The third-order valence-corrected chi connectivity index (χ3v) is 4.73. The van der Waals surface area contributed by atoms with Gasteiger partial charge >= 0.3 is 12.4 Å². The van der Waals surface area contributed by atoms with Crippen molar-refractivity contribution in [2.45, 2.75) is 18.9 Å². The van der Waals surface area contributed by atoms with Crippen LogP contribution >= 0.6 is 22.9 Å². The Hall–Kier alpha value is -2.81. The minimum Gasteiger partial charge on any atom is -0.472 e. The molecule has 0 spiro atoms. The molecule has 162 valence electrons. The van der Waals surface area contributed by atoms with E-state index in [-0.39, 0.29) is 15.8 Å². The number of nitrogens with zero attached hydrogens (tertiary/aromatic N) is 4. The minimum atomic E-state index is -4.75. The average molecular weight is 476 g/mol. The lowest BCUT2D eigenvalue weighted by Crippen LogP contribution is -2.25. The molecule has 0 fully saturated rings. The first kappa shape index (κ1) is 21.9. The smallest absolute Gasteiger partial charge is 0.435 e. The molecule has 3 heterocycles. The van der Waals surface area contributed by atoms with Gasteiger partial charge in [0.2, 0.25) is 10.0 Å². The van der Waals surface area contributed by atoms with Crippen molar-refractivity contribution in [2.75, 3.05) is 6.61 Å². The Morgan fingerprint density at radius 3 is 2.43 bits per heavy atom. The predicted molar refractivity (Wildman–Crippen MR) is 90.7 cm³/mol. The van der Waals surface area contributed by atoms with E-state index in [0.717, 1.165) is 10.7 Å². The zero-order valence-electron chi connectivity index (χ0n) is 14.2. The van der Waals surface area contributed by atoms with Gasteiger partial charge in [0.25, 0.3) is 11.5 Å². The van der Waals surface area contributed by atoms with Gasteiger partial charge in [0.05, 0.1) is 12.2 Å². The van der Waals surface area contributed by atoms with E-state index >= 15 is 0 Å². The summed E-state index contributed by atoms with van der Waals surface area (Å²) in [7, 11) is 0. The molecule has 3 aromatic rings. The van der Waals surface area contributed by atoms with E-state index in [2.05, 4.69) is 14.8 Å². The van der Waals surface area contributed by atoms with Gasteiger partial charge in [0.1, 0.15) is 5.15 Å². The second kappa shape index (κ2) is 7.46. The molecule has 0 aliphatic rings. The predicted octanol–water partition coefficient (Wildman–Crippen LogP) is 2.71. The molecule has 0 aliphatic heterocycles. The molecule has 1 amide bonds. The summed E-state index contributed by atoms with van der Waals surface area (Å²) in [6.07, 6.45) is -9.47. The van der Waals surface area contributed by atoms with Crippen molar-refractivity contribution in [1.82, 2.24) is 19.2 Å². The van der Waals surface area contributed by atoms with Crippen LogP contribution in [0.3, 0.4) is 0 Å². The number of alkyl halides is 6. The maximum absolute atomic E-state index is 12.7. The van der Waals surface area contributed by atoms with Crippen molar-refractivity contribution >= 4 is 33.8 Å². The number of rotatable bonds is 5. The standard InChI is InChI=1S/C14H8ClF6N5O3S/c15-7-2-6(14(19,20)21)24-25(7)3-5-1-8(27)26-9(10(22)28)11(30-12(26)23-5)29-4-13(16,17)18/h1-2H,3-4H2,(H2,22,28). The van der Waals surface area contributed by atoms with E-state index in [1.807, 2.05) is 0 Å². The van der Waals surface area contributed by atoms with Gasteiger partial charge in [-0.25, -0.2) is 14.1 Å². The van der Waals surface area contributed by atoms with Crippen LogP contribution in [0.15, 0.2) is 16.9 Å². The lowest BCUT2D eigenvalue weighted by atomic mass is 10.4. The first-order valence-corrected chi connectivity index (χ1v) is 8.81. The van der Waals surface area contributed by atoms with Crippen molar-refractivity contribution in [1.29, 1.82) is 0 Å². The number of carbonyl (C=O) groups excluding carboxylic acids is 1. The van der Waals surface area contributed by atoms with E-state index in [0.29, 0.717) is 21.8 Å². The Morgan fingerprint density at radius 2 is 1.90 bits per heavy atom. The van der Waals surface area contributed by atoms with Crippen LogP contribution in [0.4, 0.5) is 26.3 Å². The lowest BCUT2D eigenvalue weighted by molar-refractivity contribution is -0.153. The van der Waals surface area contributed by atoms with Crippen molar-refractivity contribution in [3.05, 3.63) is 44.7 Å². The Kier molecular flexibility index (Phi) is 5.44. The lowest BCUT2D eigenvalue weighted by Gasteiger charge is -2.07. The van der Waals surface area contributed by atoms with Crippen LogP contribution in [0.5, 0.6) is 5.06 Å². The first-order chi connectivity index (χ1) is 13.8. The Balaban J connectivity index is 2.03. The van der Waals surface area contributed by atoms with Crippen molar-refractivity contribution in [3.8, 4) is 5.06 Å². The highest BCUT2D eigenvalue weighted by atomic mass is 35.5. The summed E-state index contributed by atoms with van der Waals surface area (Å²) in [6.45, 7) is -2.20. The van der Waals surface area contributed by atoms with Crippen molar-refractivity contribution in [2.24, 2.45) is 5.73 Å². The maximum Gasteiger partial charge on any atom is 0.435 e. The number of halogens is 7. The fourth-order valence-electron chi connectivity index (χ4n) is 2.34. The van der Waals surface area contributed by atoms with E-state index in [1.165, 1.54) is 0 Å². The summed E-state index contributed by atoms with van der Waals surface area (Å²) in [5.74, 6) is -1.24. The Morgan fingerprint density at radius 1 is 1.23 bits per heavy atom. The number of aromatic nitrogens is 4.